The molecule has 0 N–H and O–H groups in total. The number of hydrogen-bond acceptors (Lipinski definition) is 4. The van der Waals surface area contributed by atoms with Crippen molar-refractivity contribution in [2.24, 2.45) is 5.92 Å². The Labute approximate surface area is 183 Å². The summed E-state index contributed by atoms with van der Waals surface area (Å²) in [6, 6.07) is 17.7. The van der Waals surface area contributed by atoms with Crippen molar-refractivity contribution < 1.29 is 19.1 Å². The minimum absolute atomic E-state index is 0.0188. The number of hydrogen-bond donors (Lipinski definition) is 0. The van der Waals surface area contributed by atoms with Crippen molar-refractivity contribution in [1.82, 2.24) is 9.80 Å². The van der Waals surface area contributed by atoms with E-state index in [1.54, 1.807) is 12.0 Å². The van der Waals surface area contributed by atoms with Gasteiger partial charge in [-0.05, 0) is 24.5 Å². The summed E-state index contributed by atoms with van der Waals surface area (Å²) in [4.78, 5) is 29.8. The van der Waals surface area contributed by atoms with Crippen molar-refractivity contribution in [3.8, 4) is 5.75 Å². The molecule has 2 heterocycles. The van der Waals surface area contributed by atoms with Crippen LogP contribution in [0.1, 0.15) is 30.4 Å². The lowest BCUT2D eigenvalue weighted by Crippen LogP contribution is -2.41. The number of benzene rings is 2. The van der Waals surface area contributed by atoms with Gasteiger partial charge in [0.05, 0.1) is 19.1 Å². The van der Waals surface area contributed by atoms with Gasteiger partial charge in [-0.3, -0.25) is 9.59 Å². The molecule has 31 heavy (non-hydrogen) atoms. The molecule has 6 nitrogen and oxygen atoms in total. The molecule has 0 bridgehead atoms. The second kappa shape index (κ2) is 9.96. The van der Waals surface area contributed by atoms with Gasteiger partial charge in [-0.25, -0.2) is 0 Å². The zero-order valence-electron chi connectivity index (χ0n) is 18.0. The van der Waals surface area contributed by atoms with E-state index in [4.69, 9.17) is 9.47 Å². The summed E-state index contributed by atoms with van der Waals surface area (Å²) >= 11 is 0. The SMILES string of the molecule is COc1ccccc1CN(CC1CCCO1)C(=O)C1CC(=O)N(Cc2ccccc2)C1. The molecule has 0 aliphatic carbocycles. The molecular formula is C25H30N2O4. The molecule has 2 aliphatic rings. The third-order valence-electron chi connectivity index (χ3n) is 6.09. The Hall–Kier alpha value is -2.86. The van der Waals surface area contributed by atoms with Crippen LogP contribution in [0, 0.1) is 5.92 Å². The third-order valence-corrected chi connectivity index (χ3v) is 6.09. The highest BCUT2D eigenvalue weighted by Crippen LogP contribution is 2.26. The number of methoxy groups -OCH3 is 1. The van der Waals surface area contributed by atoms with Crippen LogP contribution < -0.4 is 4.74 Å². The first kappa shape index (κ1) is 21.4. The number of para-hydroxylation sites is 1. The van der Waals surface area contributed by atoms with Crippen LogP contribution in [-0.2, 0) is 27.4 Å². The maximum Gasteiger partial charge on any atom is 0.228 e. The molecule has 2 amide bonds. The minimum Gasteiger partial charge on any atom is -0.496 e. The van der Waals surface area contributed by atoms with Crippen LogP contribution >= 0.6 is 0 Å². The van der Waals surface area contributed by atoms with Gasteiger partial charge in [-0.2, -0.15) is 0 Å². The highest BCUT2D eigenvalue weighted by Gasteiger charge is 2.37. The molecule has 2 saturated heterocycles. The van der Waals surface area contributed by atoms with Gasteiger partial charge in [0.15, 0.2) is 0 Å². The summed E-state index contributed by atoms with van der Waals surface area (Å²) in [6.07, 6.45) is 2.30. The van der Waals surface area contributed by atoms with E-state index in [1.807, 2.05) is 59.5 Å². The highest BCUT2D eigenvalue weighted by molar-refractivity contribution is 5.89. The van der Waals surface area contributed by atoms with E-state index < -0.39 is 0 Å². The van der Waals surface area contributed by atoms with Crippen molar-refractivity contribution >= 4 is 11.8 Å². The van der Waals surface area contributed by atoms with Crippen molar-refractivity contribution in [2.75, 3.05) is 26.8 Å². The van der Waals surface area contributed by atoms with Crippen LogP contribution in [0.2, 0.25) is 0 Å². The number of carbonyl (C=O) groups is 2. The summed E-state index contributed by atoms with van der Waals surface area (Å²) in [5, 5.41) is 0. The quantitative estimate of drug-likeness (QED) is 0.655. The van der Waals surface area contributed by atoms with Gasteiger partial charge in [0.1, 0.15) is 5.75 Å². The molecule has 2 unspecified atom stereocenters. The minimum atomic E-state index is -0.327. The van der Waals surface area contributed by atoms with Crippen LogP contribution in [0.25, 0.3) is 0 Å². The molecule has 2 aromatic carbocycles. The van der Waals surface area contributed by atoms with E-state index in [9.17, 15) is 9.59 Å². The zero-order valence-corrected chi connectivity index (χ0v) is 18.0. The molecule has 0 aromatic heterocycles. The van der Waals surface area contributed by atoms with E-state index in [-0.39, 0.29) is 30.3 Å². The Morgan fingerprint density at radius 2 is 1.94 bits per heavy atom. The number of carbonyl (C=O) groups excluding carboxylic acids is 2. The number of ether oxygens (including phenoxy) is 2. The van der Waals surface area contributed by atoms with E-state index in [2.05, 4.69) is 0 Å². The third kappa shape index (κ3) is 5.25. The van der Waals surface area contributed by atoms with Crippen LogP contribution in [0.3, 0.4) is 0 Å². The number of likely N-dealkylation sites (tertiary alicyclic amines) is 1. The molecule has 0 radical (unpaired) electrons. The molecule has 4 rings (SSSR count). The smallest absolute Gasteiger partial charge is 0.228 e. The number of nitrogens with zero attached hydrogens (tertiary/aromatic N) is 2. The second-order valence-electron chi connectivity index (χ2n) is 8.33. The first-order valence-corrected chi connectivity index (χ1v) is 11.0. The van der Waals surface area contributed by atoms with Gasteiger partial charge in [-0.15, -0.1) is 0 Å². The van der Waals surface area contributed by atoms with Crippen LogP contribution in [0.4, 0.5) is 0 Å². The van der Waals surface area contributed by atoms with E-state index in [0.29, 0.717) is 26.2 Å². The summed E-state index contributed by atoms with van der Waals surface area (Å²) < 4.78 is 11.3. The first-order chi connectivity index (χ1) is 15.1. The van der Waals surface area contributed by atoms with Gasteiger partial charge >= 0.3 is 0 Å². The van der Waals surface area contributed by atoms with E-state index in [1.165, 1.54) is 0 Å². The Bertz CT molecular complexity index is 895. The lowest BCUT2D eigenvalue weighted by Gasteiger charge is -2.28. The van der Waals surface area contributed by atoms with Crippen LogP contribution in [-0.4, -0.2) is 54.5 Å². The zero-order chi connectivity index (χ0) is 21.6. The lowest BCUT2D eigenvalue weighted by atomic mass is 10.1. The largest absolute Gasteiger partial charge is 0.496 e. The van der Waals surface area contributed by atoms with Gasteiger partial charge in [0.2, 0.25) is 11.8 Å². The second-order valence-corrected chi connectivity index (χ2v) is 8.33. The number of rotatable bonds is 8. The van der Waals surface area contributed by atoms with Gasteiger partial charge in [0, 0.05) is 44.8 Å². The fraction of sp³-hybridized carbons (Fsp3) is 0.440. The summed E-state index contributed by atoms with van der Waals surface area (Å²) in [5.74, 6) is 0.495. The van der Waals surface area contributed by atoms with E-state index >= 15 is 0 Å². The van der Waals surface area contributed by atoms with Crippen molar-refractivity contribution in [1.29, 1.82) is 0 Å². The van der Waals surface area contributed by atoms with Crippen molar-refractivity contribution in [3.63, 3.8) is 0 Å². The van der Waals surface area contributed by atoms with Crippen LogP contribution in [0.5, 0.6) is 5.75 Å². The van der Waals surface area contributed by atoms with Crippen molar-refractivity contribution in [3.05, 3.63) is 65.7 Å². The molecule has 2 fully saturated rings. The van der Waals surface area contributed by atoms with Crippen molar-refractivity contribution in [2.45, 2.75) is 38.5 Å². The Kier molecular flexibility index (Phi) is 6.87. The fourth-order valence-electron chi connectivity index (χ4n) is 4.46. The predicted octanol–water partition coefficient (Wildman–Crippen LogP) is 3.25. The molecule has 164 valence electrons. The predicted molar refractivity (Wildman–Crippen MR) is 117 cm³/mol. The normalized spacial score (nSPS) is 20.8. The average Bonchev–Trinajstić information content (AvgIpc) is 3.44. The molecule has 0 spiro atoms. The molecule has 6 heteroatoms. The average molecular weight is 423 g/mol. The summed E-state index contributed by atoms with van der Waals surface area (Å²) in [5.41, 5.74) is 2.04. The maximum atomic E-state index is 13.5. The van der Waals surface area contributed by atoms with Crippen LogP contribution in [0.15, 0.2) is 54.6 Å². The fourth-order valence-corrected chi connectivity index (χ4v) is 4.46. The maximum absolute atomic E-state index is 13.5. The Morgan fingerprint density at radius 1 is 1.16 bits per heavy atom. The Morgan fingerprint density at radius 3 is 2.68 bits per heavy atom. The summed E-state index contributed by atoms with van der Waals surface area (Å²) in [6.45, 7) is 2.74. The lowest BCUT2D eigenvalue weighted by molar-refractivity contribution is -0.138. The standard InChI is InChI=1S/C25H30N2O4/c1-30-23-12-6-5-10-20(23)16-27(18-22-11-7-13-31-22)25(29)21-14-24(28)26(17-21)15-19-8-3-2-4-9-19/h2-6,8-10,12,21-22H,7,11,13-18H2,1H3. The molecule has 0 saturated carbocycles. The molecule has 2 atom stereocenters. The van der Waals surface area contributed by atoms with Gasteiger partial charge in [-0.1, -0.05) is 48.5 Å². The summed E-state index contributed by atoms with van der Waals surface area (Å²) in [7, 11) is 1.64. The van der Waals surface area contributed by atoms with Gasteiger partial charge < -0.3 is 19.3 Å². The Balaban J connectivity index is 1.47. The molecular weight excluding hydrogens is 392 g/mol. The molecule has 2 aromatic rings. The number of amides is 2. The topological polar surface area (TPSA) is 59.1 Å². The highest BCUT2D eigenvalue weighted by atomic mass is 16.5. The van der Waals surface area contributed by atoms with E-state index in [0.717, 1.165) is 36.3 Å². The first-order valence-electron chi connectivity index (χ1n) is 11.0. The monoisotopic (exact) mass is 422 g/mol. The molecule has 2 aliphatic heterocycles. The van der Waals surface area contributed by atoms with Gasteiger partial charge in [0.25, 0.3) is 0 Å².